The Kier molecular flexibility index (Phi) is 4.50. The first-order chi connectivity index (χ1) is 10.2. The second-order valence-corrected chi connectivity index (χ2v) is 7.55. The van der Waals surface area contributed by atoms with E-state index in [1.807, 2.05) is 24.3 Å². The summed E-state index contributed by atoms with van der Waals surface area (Å²) in [6.45, 7) is 11.6. The lowest BCUT2D eigenvalue weighted by atomic mass is 9.78. The van der Waals surface area contributed by atoms with E-state index in [0.717, 1.165) is 5.75 Å². The van der Waals surface area contributed by atoms with Crippen molar-refractivity contribution in [1.82, 2.24) is 0 Å². The van der Waals surface area contributed by atoms with Gasteiger partial charge in [0.05, 0.1) is 6.61 Å². The molecular weight excluding hydrogens is 272 g/mol. The van der Waals surface area contributed by atoms with Crippen molar-refractivity contribution >= 4 is 0 Å². The maximum Gasteiger partial charge on any atom is 0.119 e. The average molecular weight is 298 g/mol. The average Bonchev–Trinajstić information content (AvgIpc) is 2.45. The van der Waals surface area contributed by atoms with E-state index in [2.05, 4.69) is 46.8 Å². The summed E-state index contributed by atoms with van der Waals surface area (Å²) in [7, 11) is 0. The predicted molar refractivity (Wildman–Crippen MR) is 91.6 cm³/mol. The summed E-state index contributed by atoms with van der Waals surface area (Å²) in [5.74, 6) is 1.20. The lowest BCUT2D eigenvalue weighted by molar-refractivity contribution is 0.198. The molecule has 2 aromatic rings. The Hall–Kier alpha value is -1.96. The van der Waals surface area contributed by atoms with Gasteiger partial charge in [-0.1, -0.05) is 58.9 Å². The van der Waals surface area contributed by atoms with Crippen LogP contribution in [0.4, 0.5) is 0 Å². The molecule has 22 heavy (non-hydrogen) atoms. The minimum absolute atomic E-state index is 0.115. The molecule has 0 amide bonds. The Balaban J connectivity index is 2.16. The number of aromatic hydroxyl groups is 1. The molecule has 2 nitrogen and oxygen atoms in total. The van der Waals surface area contributed by atoms with Gasteiger partial charge in [0.25, 0.3) is 0 Å². The van der Waals surface area contributed by atoms with Gasteiger partial charge in [-0.15, -0.1) is 0 Å². The number of benzene rings is 2. The number of ether oxygens (including phenoxy) is 1. The van der Waals surface area contributed by atoms with Gasteiger partial charge in [0.15, 0.2) is 0 Å². The van der Waals surface area contributed by atoms with Crippen molar-refractivity contribution in [2.45, 2.75) is 40.0 Å². The Labute approximate surface area is 133 Å². The maximum absolute atomic E-state index is 9.44. The van der Waals surface area contributed by atoms with Gasteiger partial charge in [-0.2, -0.15) is 0 Å². The van der Waals surface area contributed by atoms with Gasteiger partial charge >= 0.3 is 0 Å². The molecule has 0 heterocycles. The molecule has 0 aliphatic carbocycles. The van der Waals surface area contributed by atoms with Gasteiger partial charge in [0.2, 0.25) is 0 Å². The van der Waals surface area contributed by atoms with Crippen molar-refractivity contribution in [1.29, 1.82) is 0 Å². The molecule has 1 N–H and O–H groups in total. The normalized spacial score (nSPS) is 12.2. The number of phenolic OH excluding ortho intramolecular Hbond substituents is 1. The minimum Gasteiger partial charge on any atom is -0.508 e. The highest BCUT2D eigenvalue weighted by atomic mass is 16.5. The molecule has 2 rings (SSSR count). The maximum atomic E-state index is 9.44. The van der Waals surface area contributed by atoms with Crippen LogP contribution in [0.25, 0.3) is 0 Å². The van der Waals surface area contributed by atoms with Crippen molar-refractivity contribution in [3.63, 3.8) is 0 Å². The number of hydrogen-bond acceptors (Lipinski definition) is 2. The van der Waals surface area contributed by atoms with Gasteiger partial charge in [0.1, 0.15) is 11.5 Å². The zero-order chi connectivity index (χ0) is 16.4. The molecule has 0 spiro atoms. The van der Waals surface area contributed by atoms with Crippen LogP contribution < -0.4 is 4.74 Å². The first-order valence-corrected chi connectivity index (χ1v) is 7.71. The SMILES string of the molecule is CC(C)(C)COc1ccc(C(C)(C)c2ccc(O)cc2)cc1. The molecule has 0 unspecified atom stereocenters. The van der Waals surface area contributed by atoms with E-state index in [1.165, 1.54) is 11.1 Å². The standard InChI is InChI=1S/C20H26O2/c1-19(2,3)14-22-18-12-8-16(9-13-18)20(4,5)15-6-10-17(21)11-7-15/h6-13,21H,14H2,1-5H3. The van der Waals surface area contributed by atoms with E-state index in [-0.39, 0.29) is 10.8 Å². The molecule has 0 fully saturated rings. The smallest absolute Gasteiger partial charge is 0.119 e. The van der Waals surface area contributed by atoms with Gasteiger partial charge in [-0.3, -0.25) is 0 Å². The molecule has 0 radical (unpaired) electrons. The van der Waals surface area contributed by atoms with Gasteiger partial charge in [-0.25, -0.2) is 0 Å². The van der Waals surface area contributed by atoms with Crippen LogP contribution in [0.1, 0.15) is 45.7 Å². The van der Waals surface area contributed by atoms with Crippen LogP contribution in [-0.4, -0.2) is 11.7 Å². The zero-order valence-corrected chi connectivity index (χ0v) is 14.2. The fraction of sp³-hybridized carbons (Fsp3) is 0.400. The third-order valence-corrected chi connectivity index (χ3v) is 3.84. The summed E-state index contributed by atoms with van der Waals surface area (Å²) in [6.07, 6.45) is 0. The topological polar surface area (TPSA) is 29.5 Å². The summed E-state index contributed by atoms with van der Waals surface area (Å²) >= 11 is 0. The summed E-state index contributed by atoms with van der Waals surface area (Å²) in [4.78, 5) is 0. The molecule has 2 aromatic carbocycles. The summed E-state index contributed by atoms with van der Waals surface area (Å²) in [5.41, 5.74) is 2.44. The van der Waals surface area contributed by atoms with Crippen LogP contribution in [0.5, 0.6) is 11.5 Å². The quantitative estimate of drug-likeness (QED) is 0.846. The van der Waals surface area contributed by atoms with Crippen LogP contribution in [0.2, 0.25) is 0 Å². The third kappa shape index (κ3) is 4.03. The summed E-state index contributed by atoms with van der Waals surface area (Å²) in [6, 6.07) is 15.7. The fourth-order valence-corrected chi connectivity index (χ4v) is 2.31. The molecule has 0 bridgehead atoms. The molecule has 0 saturated carbocycles. The molecule has 0 atom stereocenters. The van der Waals surface area contributed by atoms with Crippen molar-refractivity contribution < 1.29 is 9.84 Å². The van der Waals surface area contributed by atoms with E-state index in [9.17, 15) is 5.11 Å². The summed E-state index contributed by atoms with van der Waals surface area (Å²) < 4.78 is 5.83. The van der Waals surface area contributed by atoms with Crippen molar-refractivity contribution in [3.05, 3.63) is 59.7 Å². The fourth-order valence-electron chi connectivity index (χ4n) is 2.31. The van der Waals surface area contributed by atoms with E-state index in [0.29, 0.717) is 12.4 Å². The Morgan fingerprint density at radius 1 is 0.773 bits per heavy atom. The van der Waals surface area contributed by atoms with Crippen LogP contribution in [0.15, 0.2) is 48.5 Å². The second kappa shape index (κ2) is 6.04. The summed E-state index contributed by atoms with van der Waals surface area (Å²) in [5, 5.41) is 9.44. The monoisotopic (exact) mass is 298 g/mol. The van der Waals surface area contributed by atoms with E-state index in [1.54, 1.807) is 12.1 Å². The first kappa shape index (κ1) is 16.4. The van der Waals surface area contributed by atoms with Gasteiger partial charge in [0, 0.05) is 5.41 Å². The molecule has 0 saturated heterocycles. The number of phenols is 1. The minimum atomic E-state index is -0.115. The largest absolute Gasteiger partial charge is 0.508 e. The van der Waals surface area contributed by atoms with Gasteiger partial charge < -0.3 is 9.84 Å². The predicted octanol–water partition coefficient (Wildman–Crippen LogP) is 5.14. The van der Waals surface area contributed by atoms with Crippen molar-refractivity contribution in [2.24, 2.45) is 5.41 Å². The lowest BCUT2D eigenvalue weighted by Gasteiger charge is -2.26. The Morgan fingerprint density at radius 3 is 1.68 bits per heavy atom. The number of rotatable bonds is 4. The molecule has 0 aliphatic rings. The van der Waals surface area contributed by atoms with Crippen LogP contribution in [0.3, 0.4) is 0 Å². The number of hydrogen-bond donors (Lipinski definition) is 1. The van der Waals surface area contributed by atoms with E-state index < -0.39 is 0 Å². The van der Waals surface area contributed by atoms with E-state index in [4.69, 9.17) is 4.74 Å². The Bertz CT molecular complexity index is 602. The zero-order valence-electron chi connectivity index (χ0n) is 14.2. The first-order valence-electron chi connectivity index (χ1n) is 7.71. The van der Waals surface area contributed by atoms with Crippen LogP contribution in [0, 0.1) is 5.41 Å². The highest BCUT2D eigenvalue weighted by Crippen LogP contribution is 2.33. The molecule has 0 aromatic heterocycles. The highest BCUT2D eigenvalue weighted by molar-refractivity contribution is 5.41. The molecule has 0 aliphatic heterocycles. The Morgan fingerprint density at radius 2 is 1.23 bits per heavy atom. The van der Waals surface area contributed by atoms with Crippen LogP contribution in [-0.2, 0) is 5.41 Å². The molecular formula is C20H26O2. The highest BCUT2D eigenvalue weighted by Gasteiger charge is 2.23. The van der Waals surface area contributed by atoms with Crippen molar-refractivity contribution in [2.75, 3.05) is 6.61 Å². The lowest BCUT2D eigenvalue weighted by Crippen LogP contribution is -2.19. The van der Waals surface area contributed by atoms with Gasteiger partial charge in [-0.05, 0) is 40.8 Å². The van der Waals surface area contributed by atoms with E-state index >= 15 is 0 Å². The third-order valence-electron chi connectivity index (χ3n) is 3.84. The second-order valence-electron chi connectivity index (χ2n) is 7.55. The molecule has 118 valence electrons. The molecule has 2 heteroatoms. The van der Waals surface area contributed by atoms with Crippen molar-refractivity contribution in [3.8, 4) is 11.5 Å². The van der Waals surface area contributed by atoms with Crippen LogP contribution >= 0.6 is 0 Å².